The lowest BCUT2D eigenvalue weighted by Crippen LogP contribution is -2.37. The van der Waals surface area contributed by atoms with Crippen molar-refractivity contribution >= 4 is 11.7 Å². The largest absolute Gasteiger partial charge is 0.376 e. The smallest absolute Gasteiger partial charge is 0.321 e. The SMILES string of the molecule is CC[C@@H](C)N(C)C(=O)Nc1cccc(COCCOC(C)C)c1. The standard InChI is InChI=1S/C18H30N2O3/c1-6-15(4)20(5)18(21)19-17-9-7-8-16(12-17)13-22-10-11-23-14(2)3/h7-9,12,14-15H,6,10-11,13H2,1-5H3,(H,19,21)/t15-/m1/s1. The number of rotatable bonds is 9. The van der Waals surface area contributed by atoms with E-state index < -0.39 is 0 Å². The van der Waals surface area contributed by atoms with E-state index in [4.69, 9.17) is 9.47 Å². The molecular weight excluding hydrogens is 292 g/mol. The Balaban J connectivity index is 2.45. The molecule has 5 heteroatoms. The topological polar surface area (TPSA) is 50.8 Å². The summed E-state index contributed by atoms with van der Waals surface area (Å²) in [6.45, 7) is 9.76. The first-order valence-corrected chi connectivity index (χ1v) is 8.26. The Labute approximate surface area is 140 Å². The van der Waals surface area contributed by atoms with Gasteiger partial charge >= 0.3 is 6.03 Å². The van der Waals surface area contributed by atoms with E-state index in [-0.39, 0.29) is 18.2 Å². The van der Waals surface area contributed by atoms with E-state index in [9.17, 15) is 4.79 Å². The zero-order valence-corrected chi connectivity index (χ0v) is 15.0. The summed E-state index contributed by atoms with van der Waals surface area (Å²) < 4.78 is 11.0. The molecule has 5 nitrogen and oxygen atoms in total. The molecule has 0 saturated carbocycles. The predicted molar refractivity (Wildman–Crippen MR) is 93.7 cm³/mol. The number of nitrogens with zero attached hydrogens (tertiary/aromatic N) is 1. The van der Waals surface area contributed by atoms with Crippen LogP contribution in [-0.4, -0.2) is 43.3 Å². The molecule has 0 aliphatic heterocycles. The fourth-order valence-corrected chi connectivity index (χ4v) is 1.96. The first-order valence-electron chi connectivity index (χ1n) is 8.26. The highest BCUT2D eigenvalue weighted by Gasteiger charge is 2.13. The van der Waals surface area contributed by atoms with Crippen LogP contribution in [-0.2, 0) is 16.1 Å². The van der Waals surface area contributed by atoms with Gasteiger partial charge in [0.15, 0.2) is 0 Å². The van der Waals surface area contributed by atoms with Crippen LogP contribution in [0.25, 0.3) is 0 Å². The maximum Gasteiger partial charge on any atom is 0.321 e. The number of hydrogen-bond acceptors (Lipinski definition) is 3. The summed E-state index contributed by atoms with van der Waals surface area (Å²) in [5.74, 6) is 0. The number of benzene rings is 1. The van der Waals surface area contributed by atoms with Crippen LogP contribution < -0.4 is 5.32 Å². The molecule has 1 rings (SSSR count). The molecule has 0 heterocycles. The minimum atomic E-state index is -0.0947. The Hall–Kier alpha value is -1.59. The number of urea groups is 1. The first-order chi connectivity index (χ1) is 10.9. The maximum atomic E-state index is 12.2. The molecule has 0 bridgehead atoms. The van der Waals surface area contributed by atoms with Gasteiger partial charge in [0.05, 0.1) is 25.9 Å². The summed E-state index contributed by atoms with van der Waals surface area (Å²) in [5.41, 5.74) is 1.81. The van der Waals surface area contributed by atoms with E-state index in [2.05, 4.69) is 12.2 Å². The lowest BCUT2D eigenvalue weighted by molar-refractivity contribution is 0.0143. The first kappa shape index (κ1) is 19.5. The lowest BCUT2D eigenvalue weighted by atomic mass is 10.2. The van der Waals surface area contributed by atoms with Gasteiger partial charge in [-0.3, -0.25) is 0 Å². The molecule has 1 aromatic carbocycles. The van der Waals surface area contributed by atoms with Crippen LogP contribution in [0, 0.1) is 0 Å². The van der Waals surface area contributed by atoms with Gasteiger partial charge in [0, 0.05) is 18.8 Å². The quantitative estimate of drug-likeness (QED) is 0.702. The van der Waals surface area contributed by atoms with Gasteiger partial charge in [0.2, 0.25) is 0 Å². The molecule has 2 amide bonds. The summed E-state index contributed by atoms with van der Waals surface area (Å²) in [6, 6.07) is 7.84. The monoisotopic (exact) mass is 322 g/mol. The molecule has 0 fully saturated rings. The number of carbonyl (C=O) groups is 1. The second-order valence-corrected chi connectivity index (χ2v) is 5.97. The molecular formula is C18H30N2O3. The third-order valence-corrected chi connectivity index (χ3v) is 3.70. The Morgan fingerprint density at radius 2 is 2.00 bits per heavy atom. The fourth-order valence-electron chi connectivity index (χ4n) is 1.96. The highest BCUT2D eigenvalue weighted by atomic mass is 16.5. The second kappa shape index (κ2) is 10.2. The lowest BCUT2D eigenvalue weighted by Gasteiger charge is -2.24. The van der Waals surface area contributed by atoms with Gasteiger partial charge in [-0.1, -0.05) is 19.1 Å². The summed E-state index contributed by atoms with van der Waals surface area (Å²) in [4.78, 5) is 13.9. The third kappa shape index (κ3) is 7.48. The van der Waals surface area contributed by atoms with Crippen LogP contribution in [0.4, 0.5) is 10.5 Å². The number of carbonyl (C=O) groups excluding carboxylic acids is 1. The van der Waals surface area contributed by atoms with Gasteiger partial charge in [-0.2, -0.15) is 0 Å². The normalized spacial score (nSPS) is 12.3. The molecule has 0 aliphatic rings. The number of nitrogens with one attached hydrogen (secondary N) is 1. The third-order valence-electron chi connectivity index (χ3n) is 3.70. The van der Waals surface area contributed by atoms with E-state index in [1.54, 1.807) is 4.90 Å². The van der Waals surface area contributed by atoms with Crippen molar-refractivity contribution in [2.24, 2.45) is 0 Å². The molecule has 0 aromatic heterocycles. The second-order valence-electron chi connectivity index (χ2n) is 5.97. The van der Waals surface area contributed by atoms with Crippen molar-refractivity contribution < 1.29 is 14.3 Å². The van der Waals surface area contributed by atoms with E-state index in [0.717, 1.165) is 17.7 Å². The molecule has 130 valence electrons. The molecule has 23 heavy (non-hydrogen) atoms. The van der Waals surface area contributed by atoms with Crippen LogP contribution in [0.2, 0.25) is 0 Å². The minimum Gasteiger partial charge on any atom is -0.376 e. The average Bonchev–Trinajstić information content (AvgIpc) is 2.53. The molecule has 1 atom stereocenters. The van der Waals surface area contributed by atoms with Gasteiger partial charge in [-0.25, -0.2) is 4.79 Å². The predicted octanol–water partition coefficient (Wildman–Crippen LogP) is 3.89. The number of amides is 2. The van der Waals surface area contributed by atoms with Crippen molar-refractivity contribution in [3.05, 3.63) is 29.8 Å². The Bertz CT molecular complexity index is 477. The van der Waals surface area contributed by atoms with E-state index >= 15 is 0 Å². The maximum absolute atomic E-state index is 12.2. The van der Waals surface area contributed by atoms with Crippen molar-refractivity contribution in [2.45, 2.75) is 52.9 Å². The van der Waals surface area contributed by atoms with Crippen LogP contribution in [0.3, 0.4) is 0 Å². The van der Waals surface area contributed by atoms with E-state index in [0.29, 0.717) is 19.8 Å². The zero-order chi connectivity index (χ0) is 17.2. The Morgan fingerprint density at radius 1 is 1.26 bits per heavy atom. The van der Waals surface area contributed by atoms with Crippen molar-refractivity contribution in [2.75, 3.05) is 25.6 Å². The molecule has 1 aromatic rings. The van der Waals surface area contributed by atoms with E-state index in [1.165, 1.54) is 0 Å². The van der Waals surface area contributed by atoms with Crippen LogP contribution >= 0.6 is 0 Å². The number of anilines is 1. The fraction of sp³-hybridized carbons (Fsp3) is 0.611. The van der Waals surface area contributed by atoms with Gasteiger partial charge in [0.1, 0.15) is 0 Å². The average molecular weight is 322 g/mol. The van der Waals surface area contributed by atoms with Gasteiger partial charge in [-0.05, 0) is 44.9 Å². The summed E-state index contributed by atoms with van der Waals surface area (Å²) >= 11 is 0. The minimum absolute atomic E-state index is 0.0947. The molecule has 0 saturated heterocycles. The highest BCUT2D eigenvalue weighted by molar-refractivity contribution is 5.89. The molecule has 0 aliphatic carbocycles. The Kier molecular flexibility index (Phi) is 8.66. The number of hydrogen-bond donors (Lipinski definition) is 1. The van der Waals surface area contributed by atoms with Gasteiger partial charge in [-0.15, -0.1) is 0 Å². The van der Waals surface area contributed by atoms with Gasteiger partial charge < -0.3 is 19.7 Å². The summed E-state index contributed by atoms with van der Waals surface area (Å²) in [6.07, 6.45) is 1.15. The summed E-state index contributed by atoms with van der Waals surface area (Å²) in [7, 11) is 1.81. The van der Waals surface area contributed by atoms with Gasteiger partial charge in [0.25, 0.3) is 0 Å². The summed E-state index contributed by atoms with van der Waals surface area (Å²) in [5, 5.41) is 2.92. The zero-order valence-electron chi connectivity index (χ0n) is 15.0. The van der Waals surface area contributed by atoms with Crippen LogP contribution in [0.15, 0.2) is 24.3 Å². The molecule has 1 N–H and O–H groups in total. The van der Waals surface area contributed by atoms with Crippen molar-refractivity contribution in [3.63, 3.8) is 0 Å². The van der Waals surface area contributed by atoms with Crippen LogP contribution in [0.5, 0.6) is 0 Å². The van der Waals surface area contributed by atoms with E-state index in [1.807, 2.05) is 52.1 Å². The molecule has 0 spiro atoms. The van der Waals surface area contributed by atoms with Crippen molar-refractivity contribution in [1.29, 1.82) is 0 Å². The number of ether oxygens (including phenoxy) is 2. The van der Waals surface area contributed by atoms with Crippen LogP contribution in [0.1, 0.15) is 39.7 Å². The van der Waals surface area contributed by atoms with Crippen molar-refractivity contribution in [3.8, 4) is 0 Å². The van der Waals surface area contributed by atoms with Crippen molar-refractivity contribution in [1.82, 2.24) is 4.90 Å². The highest BCUT2D eigenvalue weighted by Crippen LogP contribution is 2.13. The molecule has 0 unspecified atom stereocenters. The Morgan fingerprint density at radius 3 is 2.65 bits per heavy atom. The molecule has 0 radical (unpaired) electrons.